The minimum absolute atomic E-state index is 0.0330. The average molecular weight is 526 g/mol. The fourth-order valence-corrected chi connectivity index (χ4v) is 2.96. The molecule has 0 spiro atoms. The first-order valence-electron chi connectivity index (χ1n) is 9.95. The summed E-state index contributed by atoms with van der Waals surface area (Å²) in [6.07, 6.45) is 1.19. The van der Waals surface area contributed by atoms with E-state index in [4.69, 9.17) is 4.42 Å². The highest BCUT2D eigenvalue weighted by molar-refractivity contribution is 9.10. The van der Waals surface area contributed by atoms with Gasteiger partial charge in [0, 0.05) is 10.2 Å². The Morgan fingerprint density at radius 2 is 1.59 bits per heavy atom. The van der Waals surface area contributed by atoms with Crippen molar-refractivity contribution in [2.45, 2.75) is 13.5 Å². The molecular formula is C23H20BrN5O5. The summed E-state index contributed by atoms with van der Waals surface area (Å²) in [6, 6.07) is 17.0. The molecule has 0 unspecified atom stereocenters. The van der Waals surface area contributed by atoms with Crippen LogP contribution in [0.2, 0.25) is 0 Å². The van der Waals surface area contributed by atoms with E-state index >= 15 is 0 Å². The summed E-state index contributed by atoms with van der Waals surface area (Å²) in [5.41, 5.74) is 4.07. The number of aryl methyl sites for hydroxylation is 1. The maximum atomic E-state index is 12.0. The smallest absolute Gasteiger partial charge is 0.329 e. The van der Waals surface area contributed by atoms with Crippen LogP contribution in [0, 0.1) is 6.92 Å². The Labute approximate surface area is 202 Å². The second kappa shape index (κ2) is 11.6. The van der Waals surface area contributed by atoms with Crippen LogP contribution in [0.3, 0.4) is 0 Å². The van der Waals surface area contributed by atoms with Crippen LogP contribution in [-0.2, 0) is 25.7 Å². The minimum atomic E-state index is -0.967. The number of furan rings is 1. The first-order valence-corrected chi connectivity index (χ1v) is 10.7. The van der Waals surface area contributed by atoms with Gasteiger partial charge in [-0.2, -0.15) is 5.10 Å². The standard InChI is InChI=1S/C23H20BrN5O5/c1-14-6-8-15(9-7-14)27-21(31)20(30)25-12-16-10-11-17(34-16)13-26-29-23(33)22(32)28-19-5-3-2-4-18(19)24/h2-11,13H,12H2,1H3,(H,25,30)(H,27,31)(H,28,32)(H,29,33)/b26-13+. The maximum absolute atomic E-state index is 12.0. The van der Waals surface area contributed by atoms with Gasteiger partial charge in [-0.1, -0.05) is 29.8 Å². The molecule has 0 atom stereocenters. The molecule has 0 radical (unpaired) electrons. The molecule has 34 heavy (non-hydrogen) atoms. The Hall–Kier alpha value is -4.25. The number of carbonyl (C=O) groups is 4. The Balaban J connectivity index is 1.43. The molecule has 0 saturated heterocycles. The van der Waals surface area contributed by atoms with Crippen molar-refractivity contribution < 1.29 is 23.6 Å². The third kappa shape index (κ3) is 7.14. The van der Waals surface area contributed by atoms with Crippen LogP contribution in [0.15, 0.2) is 74.7 Å². The van der Waals surface area contributed by atoms with Crippen LogP contribution in [0.4, 0.5) is 11.4 Å². The lowest BCUT2D eigenvalue weighted by Crippen LogP contribution is -2.34. The van der Waals surface area contributed by atoms with E-state index in [1.807, 2.05) is 19.1 Å². The van der Waals surface area contributed by atoms with Crippen LogP contribution < -0.4 is 21.4 Å². The number of amides is 4. The van der Waals surface area contributed by atoms with Gasteiger partial charge in [0.1, 0.15) is 11.5 Å². The SMILES string of the molecule is Cc1ccc(NC(=O)C(=O)NCc2ccc(/C=N/NC(=O)C(=O)Nc3ccccc3Br)o2)cc1. The molecule has 4 amide bonds. The third-order valence-electron chi connectivity index (χ3n) is 4.31. The summed E-state index contributed by atoms with van der Waals surface area (Å²) in [4.78, 5) is 47.8. The zero-order valence-corrected chi connectivity index (χ0v) is 19.5. The quantitative estimate of drug-likeness (QED) is 0.222. The second-order valence-corrected chi connectivity index (χ2v) is 7.79. The first kappa shape index (κ1) is 24.4. The van der Waals surface area contributed by atoms with Gasteiger partial charge in [0.15, 0.2) is 0 Å². The molecule has 174 valence electrons. The molecule has 0 bridgehead atoms. The number of rotatable bonds is 6. The zero-order valence-electron chi connectivity index (χ0n) is 17.9. The summed E-state index contributed by atoms with van der Waals surface area (Å²) >= 11 is 3.27. The van der Waals surface area contributed by atoms with Gasteiger partial charge in [0.2, 0.25) is 0 Å². The highest BCUT2D eigenvalue weighted by atomic mass is 79.9. The Morgan fingerprint density at radius 1 is 0.882 bits per heavy atom. The fourth-order valence-electron chi connectivity index (χ4n) is 2.58. The van der Waals surface area contributed by atoms with Crippen molar-refractivity contribution >= 4 is 57.1 Å². The summed E-state index contributed by atoms with van der Waals surface area (Å²) in [5.74, 6) is -2.87. The Morgan fingerprint density at radius 3 is 2.32 bits per heavy atom. The number of nitrogens with zero attached hydrogens (tertiary/aromatic N) is 1. The third-order valence-corrected chi connectivity index (χ3v) is 5.00. The largest absolute Gasteiger partial charge is 0.458 e. The molecule has 1 heterocycles. The molecule has 0 aliphatic rings. The van der Waals surface area contributed by atoms with Crippen molar-refractivity contribution in [3.63, 3.8) is 0 Å². The highest BCUT2D eigenvalue weighted by Gasteiger charge is 2.15. The molecule has 0 aliphatic carbocycles. The summed E-state index contributed by atoms with van der Waals surface area (Å²) in [5, 5.41) is 11.1. The van der Waals surface area contributed by atoms with Crippen LogP contribution >= 0.6 is 15.9 Å². The minimum Gasteiger partial charge on any atom is -0.458 e. The van der Waals surface area contributed by atoms with Crippen LogP contribution in [0.5, 0.6) is 0 Å². The van der Waals surface area contributed by atoms with Crippen LogP contribution in [-0.4, -0.2) is 29.8 Å². The van der Waals surface area contributed by atoms with Gasteiger partial charge in [-0.25, -0.2) is 5.43 Å². The molecule has 1 aromatic heterocycles. The van der Waals surface area contributed by atoms with Crippen molar-refractivity contribution in [3.05, 3.63) is 82.2 Å². The van der Waals surface area contributed by atoms with E-state index in [0.29, 0.717) is 21.6 Å². The van der Waals surface area contributed by atoms with E-state index in [1.54, 1.807) is 48.5 Å². The van der Waals surface area contributed by atoms with Gasteiger partial charge in [0.25, 0.3) is 0 Å². The molecule has 11 heteroatoms. The number of halogens is 1. The second-order valence-electron chi connectivity index (χ2n) is 6.94. The maximum Gasteiger partial charge on any atom is 0.329 e. The lowest BCUT2D eigenvalue weighted by Gasteiger charge is -2.06. The lowest BCUT2D eigenvalue weighted by molar-refractivity contribution is -0.136. The van der Waals surface area contributed by atoms with Gasteiger partial charge in [-0.3, -0.25) is 19.2 Å². The zero-order chi connectivity index (χ0) is 24.5. The van der Waals surface area contributed by atoms with Gasteiger partial charge in [0.05, 0.1) is 18.4 Å². The van der Waals surface area contributed by atoms with E-state index in [0.717, 1.165) is 5.56 Å². The van der Waals surface area contributed by atoms with Crippen molar-refractivity contribution in [2.24, 2.45) is 5.10 Å². The van der Waals surface area contributed by atoms with Crippen LogP contribution in [0.25, 0.3) is 0 Å². The van der Waals surface area contributed by atoms with E-state index in [9.17, 15) is 19.2 Å². The van der Waals surface area contributed by atoms with E-state index in [2.05, 4.69) is 42.4 Å². The molecule has 3 aromatic rings. The lowest BCUT2D eigenvalue weighted by atomic mass is 10.2. The van der Waals surface area contributed by atoms with Gasteiger partial charge >= 0.3 is 23.6 Å². The molecule has 3 rings (SSSR count). The number of hydrazone groups is 1. The fraction of sp³-hybridized carbons (Fsp3) is 0.0870. The normalized spacial score (nSPS) is 10.5. The Bertz CT molecular complexity index is 1240. The molecule has 0 aliphatic heterocycles. The molecular weight excluding hydrogens is 506 g/mol. The molecule has 4 N–H and O–H groups in total. The summed E-state index contributed by atoms with van der Waals surface area (Å²) < 4.78 is 6.07. The average Bonchev–Trinajstić information content (AvgIpc) is 3.28. The predicted molar refractivity (Wildman–Crippen MR) is 129 cm³/mol. The van der Waals surface area contributed by atoms with Gasteiger partial charge in [-0.15, -0.1) is 0 Å². The molecule has 2 aromatic carbocycles. The number of hydrogen-bond acceptors (Lipinski definition) is 6. The number of benzene rings is 2. The van der Waals surface area contributed by atoms with E-state index in [1.165, 1.54) is 6.21 Å². The topological polar surface area (TPSA) is 142 Å². The van der Waals surface area contributed by atoms with Crippen LogP contribution in [0.1, 0.15) is 17.1 Å². The van der Waals surface area contributed by atoms with Crippen molar-refractivity contribution in [1.29, 1.82) is 0 Å². The number of nitrogens with one attached hydrogen (secondary N) is 4. The summed E-state index contributed by atoms with van der Waals surface area (Å²) in [7, 11) is 0. The first-order chi connectivity index (χ1) is 16.3. The molecule has 10 nitrogen and oxygen atoms in total. The summed E-state index contributed by atoms with van der Waals surface area (Å²) in [6.45, 7) is 1.88. The van der Waals surface area contributed by atoms with Crippen molar-refractivity contribution in [2.75, 3.05) is 10.6 Å². The predicted octanol–water partition coefficient (Wildman–Crippen LogP) is 2.69. The van der Waals surface area contributed by atoms with Crippen molar-refractivity contribution in [1.82, 2.24) is 10.7 Å². The number of hydrogen-bond donors (Lipinski definition) is 4. The van der Waals surface area contributed by atoms with Crippen molar-refractivity contribution in [3.8, 4) is 0 Å². The Kier molecular flexibility index (Phi) is 8.30. The highest BCUT2D eigenvalue weighted by Crippen LogP contribution is 2.20. The number of para-hydroxylation sites is 1. The number of carbonyl (C=O) groups excluding carboxylic acids is 4. The van der Waals surface area contributed by atoms with E-state index < -0.39 is 23.6 Å². The van der Waals surface area contributed by atoms with Gasteiger partial charge in [-0.05, 0) is 59.3 Å². The number of anilines is 2. The van der Waals surface area contributed by atoms with Gasteiger partial charge < -0.3 is 20.4 Å². The molecule has 0 fully saturated rings. The van der Waals surface area contributed by atoms with E-state index in [-0.39, 0.29) is 12.3 Å². The monoisotopic (exact) mass is 525 g/mol. The molecule has 0 saturated carbocycles.